The zero-order chi connectivity index (χ0) is 20.8. The quantitative estimate of drug-likeness (QED) is 0.652. The second-order valence-corrected chi connectivity index (χ2v) is 9.44. The Labute approximate surface area is 181 Å². The number of carbonyl (C=O) groups excluding carboxylic acids is 1. The highest BCUT2D eigenvalue weighted by atomic mass is 16.5. The van der Waals surface area contributed by atoms with Crippen LogP contribution in [0.3, 0.4) is 0 Å². The van der Waals surface area contributed by atoms with Gasteiger partial charge in [0.2, 0.25) is 5.91 Å². The molecule has 0 N–H and O–H groups in total. The van der Waals surface area contributed by atoms with Gasteiger partial charge in [0.15, 0.2) is 0 Å². The molecule has 3 aliphatic rings. The Hall–Kier alpha value is -1.37. The summed E-state index contributed by atoms with van der Waals surface area (Å²) in [4.78, 5) is 18.5. The molecule has 0 radical (unpaired) electrons. The minimum Gasteiger partial charge on any atom is -0.383 e. The molecule has 1 aromatic heterocycles. The van der Waals surface area contributed by atoms with Crippen molar-refractivity contribution < 1.29 is 14.3 Å². The van der Waals surface area contributed by atoms with Crippen molar-refractivity contribution in [2.75, 3.05) is 53.1 Å². The van der Waals surface area contributed by atoms with Gasteiger partial charge in [-0.2, -0.15) is 0 Å². The molecule has 4 heterocycles. The highest BCUT2D eigenvalue weighted by Gasteiger charge is 2.39. The fourth-order valence-corrected chi connectivity index (χ4v) is 5.91. The molecule has 6 heteroatoms. The minimum absolute atomic E-state index is 0.159. The Bertz CT molecular complexity index is 655. The van der Waals surface area contributed by atoms with Crippen LogP contribution in [-0.4, -0.2) is 79.4 Å². The standard InChI is InChI=1S/C24H39N3O3/c1-29-18-15-26(20-21-7-6-12-25-11-3-2-8-22(21)25)23(28)19-24(9-16-30-17-10-24)27-13-4-5-14-27/h4-5,13-14,21-22H,2-3,6-12,15-20H2,1H3. The zero-order valence-corrected chi connectivity index (χ0v) is 18.6. The Balaban J connectivity index is 1.47. The maximum absolute atomic E-state index is 13.7. The molecule has 168 valence electrons. The molecule has 0 bridgehead atoms. The Kier molecular flexibility index (Phi) is 7.50. The molecule has 0 aromatic carbocycles. The summed E-state index contributed by atoms with van der Waals surface area (Å²) < 4.78 is 13.3. The van der Waals surface area contributed by atoms with Crippen molar-refractivity contribution in [3.8, 4) is 0 Å². The van der Waals surface area contributed by atoms with Gasteiger partial charge in [0.1, 0.15) is 0 Å². The second kappa shape index (κ2) is 10.3. The molecular weight excluding hydrogens is 378 g/mol. The Morgan fingerprint density at radius 1 is 1.13 bits per heavy atom. The number of carbonyl (C=O) groups is 1. The number of piperidine rings is 2. The van der Waals surface area contributed by atoms with Gasteiger partial charge in [0.25, 0.3) is 0 Å². The lowest BCUT2D eigenvalue weighted by molar-refractivity contribution is -0.137. The number of hydrogen-bond acceptors (Lipinski definition) is 4. The molecule has 1 amide bonds. The van der Waals surface area contributed by atoms with Crippen LogP contribution in [0.15, 0.2) is 24.5 Å². The summed E-state index contributed by atoms with van der Waals surface area (Å²) in [5, 5.41) is 0. The molecular formula is C24H39N3O3. The van der Waals surface area contributed by atoms with Crippen LogP contribution in [0, 0.1) is 5.92 Å². The molecule has 3 saturated heterocycles. The van der Waals surface area contributed by atoms with Crippen LogP contribution in [0.4, 0.5) is 0 Å². The Morgan fingerprint density at radius 3 is 2.67 bits per heavy atom. The summed E-state index contributed by atoms with van der Waals surface area (Å²) in [6, 6.07) is 4.78. The van der Waals surface area contributed by atoms with E-state index in [1.165, 1.54) is 45.2 Å². The number of ether oxygens (including phenoxy) is 2. The van der Waals surface area contributed by atoms with Crippen LogP contribution in [-0.2, 0) is 19.8 Å². The third kappa shape index (κ3) is 4.92. The fourth-order valence-electron chi connectivity index (χ4n) is 5.91. The van der Waals surface area contributed by atoms with Crippen molar-refractivity contribution in [2.45, 2.75) is 62.9 Å². The van der Waals surface area contributed by atoms with Crippen LogP contribution >= 0.6 is 0 Å². The van der Waals surface area contributed by atoms with E-state index in [0.29, 0.717) is 31.5 Å². The molecule has 4 rings (SSSR count). The molecule has 3 fully saturated rings. The molecule has 0 saturated carbocycles. The van der Waals surface area contributed by atoms with Gasteiger partial charge in [-0.3, -0.25) is 4.79 Å². The average Bonchev–Trinajstić information content (AvgIpc) is 3.33. The van der Waals surface area contributed by atoms with Gasteiger partial charge in [0, 0.05) is 51.8 Å². The van der Waals surface area contributed by atoms with Crippen molar-refractivity contribution in [3.63, 3.8) is 0 Å². The fraction of sp³-hybridized carbons (Fsp3) is 0.792. The van der Waals surface area contributed by atoms with E-state index in [-0.39, 0.29) is 11.4 Å². The topological polar surface area (TPSA) is 46.9 Å². The van der Waals surface area contributed by atoms with E-state index < -0.39 is 0 Å². The first kappa shape index (κ1) is 21.8. The first-order valence-electron chi connectivity index (χ1n) is 11.9. The molecule has 1 aromatic rings. The lowest BCUT2D eigenvalue weighted by atomic mass is 9.82. The number of fused-ring (bicyclic) bond motifs is 1. The number of nitrogens with zero attached hydrogens (tertiary/aromatic N) is 3. The van der Waals surface area contributed by atoms with Gasteiger partial charge in [-0.05, 0) is 69.7 Å². The number of rotatable bonds is 8. The Morgan fingerprint density at radius 2 is 1.90 bits per heavy atom. The maximum atomic E-state index is 13.7. The van der Waals surface area contributed by atoms with Crippen LogP contribution in [0.25, 0.3) is 0 Å². The predicted molar refractivity (Wildman–Crippen MR) is 117 cm³/mol. The van der Waals surface area contributed by atoms with Crippen LogP contribution in [0.1, 0.15) is 51.4 Å². The van der Waals surface area contributed by atoms with Crippen LogP contribution in [0.5, 0.6) is 0 Å². The summed E-state index contributed by atoms with van der Waals surface area (Å²) in [7, 11) is 1.73. The van der Waals surface area contributed by atoms with Crippen LogP contribution in [0.2, 0.25) is 0 Å². The summed E-state index contributed by atoms with van der Waals surface area (Å²) in [5.41, 5.74) is -0.159. The normalized spacial score (nSPS) is 26.8. The molecule has 0 spiro atoms. The number of hydrogen-bond donors (Lipinski definition) is 0. The minimum atomic E-state index is -0.159. The van der Waals surface area contributed by atoms with Gasteiger partial charge >= 0.3 is 0 Å². The highest BCUT2D eigenvalue weighted by Crippen LogP contribution is 2.35. The van der Waals surface area contributed by atoms with Crippen LogP contribution < -0.4 is 0 Å². The molecule has 30 heavy (non-hydrogen) atoms. The van der Waals surface area contributed by atoms with Gasteiger partial charge in [-0.1, -0.05) is 6.42 Å². The van der Waals surface area contributed by atoms with Crippen molar-refractivity contribution >= 4 is 5.91 Å². The third-order valence-corrected chi connectivity index (χ3v) is 7.66. The van der Waals surface area contributed by atoms with E-state index in [1.807, 2.05) is 0 Å². The molecule has 3 aliphatic heterocycles. The van der Waals surface area contributed by atoms with E-state index >= 15 is 0 Å². The van der Waals surface area contributed by atoms with E-state index in [4.69, 9.17) is 9.47 Å². The molecule has 6 nitrogen and oxygen atoms in total. The van der Waals surface area contributed by atoms with E-state index in [0.717, 1.165) is 32.6 Å². The van der Waals surface area contributed by atoms with Crippen molar-refractivity contribution in [3.05, 3.63) is 24.5 Å². The van der Waals surface area contributed by atoms with Gasteiger partial charge in [-0.25, -0.2) is 0 Å². The lowest BCUT2D eigenvalue weighted by Crippen LogP contribution is -2.53. The monoisotopic (exact) mass is 417 g/mol. The molecule has 0 aliphatic carbocycles. The SMILES string of the molecule is COCCN(CC1CCCN2CCCCC12)C(=O)CC1(n2cccc2)CCOCC1. The average molecular weight is 418 g/mol. The third-order valence-electron chi connectivity index (χ3n) is 7.66. The van der Waals surface area contributed by atoms with Gasteiger partial charge in [0.05, 0.1) is 18.6 Å². The summed E-state index contributed by atoms with van der Waals surface area (Å²) in [6.07, 6.45) is 13.0. The lowest BCUT2D eigenvalue weighted by Gasteiger charge is -2.46. The zero-order valence-electron chi connectivity index (χ0n) is 18.6. The highest BCUT2D eigenvalue weighted by molar-refractivity contribution is 5.77. The summed E-state index contributed by atoms with van der Waals surface area (Å²) in [6.45, 7) is 6.10. The van der Waals surface area contributed by atoms with E-state index in [9.17, 15) is 4.79 Å². The van der Waals surface area contributed by atoms with E-state index in [1.54, 1.807) is 7.11 Å². The van der Waals surface area contributed by atoms with Gasteiger partial charge in [-0.15, -0.1) is 0 Å². The predicted octanol–water partition coefficient (Wildman–Crippen LogP) is 3.12. The summed E-state index contributed by atoms with van der Waals surface area (Å²) >= 11 is 0. The smallest absolute Gasteiger partial charge is 0.225 e. The van der Waals surface area contributed by atoms with Crippen molar-refractivity contribution in [2.24, 2.45) is 5.92 Å². The van der Waals surface area contributed by atoms with Crippen molar-refractivity contribution in [1.82, 2.24) is 14.4 Å². The number of amides is 1. The first-order chi connectivity index (χ1) is 14.7. The largest absolute Gasteiger partial charge is 0.383 e. The summed E-state index contributed by atoms with van der Waals surface area (Å²) in [5.74, 6) is 0.868. The number of aromatic nitrogens is 1. The van der Waals surface area contributed by atoms with Crippen molar-refractivity contribution in [1.29, 1.82) is 0 Å². The first-order valence-corrected chi connectivity index (χ1v) is 11.9. The van der Waals surface area contributed by atoms with Gasteiger partial charge < -0.3 is 23.8 Å². The molecule has 2 unspecified atom stereocenters. The second-order valence-electron chi connectivity index (χ2n) is 9.44. The van der Waals surface area contributed by atoms with E-state index in [2.05, 4.69) is 38.9 Å². The number of methoxy groups -OCH3 is 1. The molecule has 2 atom stereocenters. The maximum Gasteiger partial charge on any atom is 0.225 e.